The second kappa shape index (κ2) is 5.94. The average Bonchev–Trinajstić information content (AvgIpc) is 2.69. The first-order valence-corrected chi connectivity index (χ1v) is 7.51. The summed E-state index contributed by atoms with van der Waals surface area (Å²) in [6.45, 7) is 2.87. The van der Waals surface area contributed by atoms with E-state index < -0.39 is 23.0 Å². The van der Waals surface area contributed by atoms with Crippen molar-refractivity contribution in [2.75, 3.05) is 7.05 Å². The third-order valence-corrected chi connectivity index (χ3v) is 4.49. The Morgan fingerprint density at radius 1 is 1.23 bits per heavy atom. The Kier molecular flexibility index (Phi) is 4.39. The van der Waals surface area contributed by atoms with Gasteiger partial charge in [-0.3, -0.25) is 9.59 Å². The molecule has 0 saturated carbocycles. The van der Waals surface area contributed by atoms with Crippen LogP contribution in [-0.4, -0.2) is 39.5 Å². The molecule has 22 heavy (non-hydrogen) atoms. The number of carboxylic acid groups (broad SMARTS) is 1. The number of aromatic amines is 1. The molecule has 120 valence electrons. The minimum absolute atomic E-state index is 0.0116. The summed E-state index contributed by atoms with van der Waals surface area (Å²) in [7, 11) is 1.40. The molecule has 0 aliphatic heterocycles. The standard InChI is InChI=1S/C16H22N2O4/c1-16(2,15(21)22)18(3)14(20)11-9-10-7-5-4-6-8-12(10)17-13(11)19/h9H,4-8H2,1-3H3,(H,17,19)(H,21,22). The largest absolute Gasteiger partial charge is 0.480 e. The van der Waals surface area contributed by atoms with Gasteiger partial charge in [0.1, 0.15) is 11.1 Å². The second-order valence-corrected chi connectivity index (χ2v) is 6.30. The smallest absolute Gasteiger partial charge is 0.329 e. The summed E-state index contributed by atoms with van der Waals surface area (Å²) >= 11 is 0. The van der Waals surface area contributed by atoms with Crippen LogP contribution >= 0.6 is 0 Å². The molecule has 1 aromatic rings. The van der Waals surface area contributed by atoms with Gasteiger partial charge in [0.15, 0.2) is 0 Å². The first kappa shape index (κ1) is 16.3. The number of fused-ring (bicyclic) bond motifs is 1. The molecule has 6 heteroatoms. The van der Waals surface area contributed by atoms with Gasteiger partial charge >= 0.3 is 5.97 Å². The van der Waals surface area contributed by atoms with E-state index in [1.54, 1.807) is 6.07 Å². The molecule has 1 aromatic heterocycles. The van der Waals surface area contributed by atoms with E-state index in [9.17, 15) is 19.5 Å². The van der Waals surface area contributed by atoms with Crippen LogP contribution in [0.25, 0.3) is 0 Å². The van der Waals surface area contributed by atoms with Gasteiger partial charge in [0, 0.05) is 12.7 Å². The summed E-state index contributed by atoms with van der Waals surface area (Å²) in [5.41, 5.74) is 0.0772. The van der Waals surface area contributed by atoms with Crippen molar-refractivity contribution in [2.24, 2.45) is 0 Å². The maximum atomic E-state index is 12.5. The summed E-state index contributed by atoms with van der Waals surface area (Å²) in [6.07, 6.45) is 4.81. The minimum atomic E-state index is -1.38. The number of amides is 1. The number of hydrogen-bond acceptors (Lipinski definition) is 3. The highest BCUT2D eigenvalue weighted by Gasteiger charge is 2.36. The van der Waals surface area contributed by atoms with Gasteiger partial charge in [-0.15, -0.1) is 0 Å². The molecule has 0 radical (unpaired) electrons. The molecule has 0 saturated heterocycles. The van der Waals surface area contributed by atoms with Crippen LogP contribution in [0.1, 0.15) is 54.7 Å². The molecule has 1 aliphatic carbocycles. The van der Waals surface area contributed by atoms with Crippen molar-refractivity contribution in [3.63, 3.8) is 0 Å². The van der Waals surface area contributed by atoms with Gasteiger partial charge in [-0.25, -0.2) is 4.79 Å². The van der Waals surface area contributed by atoms with Crippen LogP contribution in [0.2, 0.25) is 0 Å². The molecule has 0 bridgehead atoms. The summed E-state index contributed by atoms with van der Waals surface area (Å²) in [5.74, 6) is -1.68. The van der Waals surface area contributed by atoms with E-state index in [2.05, 4.69) is 4.98 Å². The van der Waals surface area contributed by atoms with Crippen molar-refractivity contribution in [3.05, 3.63) is 33.2 Å². The van der Waals surface area contributed by atoms with Crippen molar-refractivity contribution in [1.29, 1.82) is 0 Å². The Labute approximate surface area is 129 Å². The zero-order valence-corrected chi connectivity index (χ0v) is 13.2. The van der Waals surface area contributed by atoms with Gasteiger partial charge in [-0.05, 0) is 51.2 Å². The first-order chi connectivity index (χ1) is 10.2. The van der Waals surface area contributed by atoms with E-state index >= 15 is 0 Å². The maximum Gasteiger partial charge on any atom is 0.329 e. The van der Waals surface area contributed by atoms with Crippen LogP contribution in [0, 0.1) is 0 Å². The molecule has 0 fully saturated rings. The molecular formula is C16H22N2O4. The van der Waals surface area contributed by atoms with Crippen molar-refractivity contribution in [2.45, 2.75) is 51.5 Å². The number of aryl methyl sites for hydroxylation is 2. The van der Waals surface area contributed by atoms with E-state index in [-0.39, 0.29) is 5.56 Å². The monoisotopic (exact) mass is 306 g/mol. The molecule has 2 rings (SSSR count). The average molecular weight is 306 g/mol. The van der Waals surface area contributed by atoms with E-state index in [4.69, 9.17) is 0 Å². The fourth-order valence-corrected chi connectivity index (χ4v) is 2.59. The van der Waals surface area contributed by atoms with Gasteiger partial charge < -0.3 is 15.0 Å². The summed E-state index contributed by atoms with van der Waals surface area (Å²) in [4.78, 5) is 39.9. The third-order valence-electron chi connectivity index (χ3n) is 4.49. The summed E-state index contributed by atoms with van der Waals surface area (Å²) in [5, 5.41) is 9.23. The lowest BCUT2D eigenvalue weighted by molar-refractivity contribution is -0.147. The zero-order chi connectivity index (χ0) is 16.5. The summed E-state index contributed by atoms with van der Waals surface area (Å²) < 4.78 is 0. The Bertz CT molecular complexity index is 661. The number of carboxylic acids is 1. The minimum Gasteiger partial charge on any atom is -0.480 e. The second-order valence-electron chi connectivity index (χ2n) is 6.30. The number of pyridine rings is 1. The highest BCUT2D eigenvalue weighted by molar-refractivity contribution is 5.97. The Hall–Kier alpha value is -2.11. The molecule has 1 aliphatic rings. The van der Waals surface area contributed by atoms with E-state index in [0.29, 0.717) is 0 Å². The topological polar surface area (TPSA) is 90.5 Å². The number of carbonyl (C=O) groups excluding carboxylic acids is 1. The van der Waals surface area contributed by atoms with Crippen LogP contribution in [0.3, 0.4) is 0 Å². The molecule has 0 aromatic carbocycles. The van der Waals surface area contributed by atoms with Crippen LogP contribution in [-0.2, 0) is 17.6 Å². The predicted molar refractivity (Wildman–Crippen MR) is 82.1 cm³/mol. The van der Waals surface area contributed by atoms with E-state index in [0.717, 1.165) is 48.3 Å². The molecule has 0 spiro atoms. The Morgan fingerprint density at radius 2 is 1.86 bits per heavy atom. The SMILES string of the molecule is CN(C(=O)c1cc2c([nH]c1=O)CCCCC2)C(C)(C)C(=O)O. The van der Waals surface area contributed by atoms with Gasteiger partial charge in [0.2, 0.25) is 0 Å². The number of nitrogens with zero attached hydrogens (tertiary/aromatic N) is 1. The Morgan fingerprint density at radius 3 is 2.50 bits per heavy atom. The lowest BCUT2D eigenvalue weighted by atomic mass is 10.0. The number of H-pyrrole nitrogens is 1. The van der Waals surface area contributed by atoms with Crippen LogP contribution in [0.4, 0.5) is 0 Å². The molecular weight excluding hydrogens is 284 g/mol. The molecule has 0 atom stereocenters. The number of likely N-dealkylation sites (N-methyl/N-ethyl adjacent to an activating group) is 1. The lowest BCUT2D eigenvalue weighted by Gasteiger charge is -2.31. The fourth-order valence-electron chi connectivity index (χ4n) is 2.59. The normalized spacial score (nSPS) is 14.9. The number of aromatic nitrogens is 1. The highest BCUT2D eigenvalue weighted by Crippen LogP contribution is 2.20. The molecule has 1 amide bonds. The Balaban J connectivity index is 2.40. The molecule has 2 N–H and O–H groups in total. The quantitative estimate of drug-likeness (QED) is 0.830. The van der Waals surface area contributed by atoms with Crippen molar-refractivity contribution >= 4 is 11.9 Å². The van der Waals surface area contributed by atoms with Crippen LogP contribution in [0.15, 0.2) is 10.9 Å². The first-order valence-electron chi connectivity index (χ1n) is 7.51. The van der Waals surface area contributed by atoms with Gasteiger partial charge in [-0.1, -0.05) is 6.42 Å². The number of nitrogens with one attached hydrogen (secondary N) is 1. The highest BCUT2D eigenvalue weighted by atomic mass is 16.4. The molecule has 0 unspecified atom stereocenters. The van der Waals surface area contributed by atoms with E-state index in [1.807, 2.05) is 0 Å². The number of rotatable bonds is 3. The van der Waals surface area contributed by atoms with Crippen molar-refractivity contribution in [1.82, 2.24) is 9.88 Å². The number of aliphatic carboxylic acids is 1. The molecule has 6 nitrogen and oxygen atoms in total. The fraction of sp³-hybridized carbons (Fsp3) is 0.562. The molecule has 1 heterocycles. The van der Waals surface area contributed by atoms with Crippen molar-refractivity contribution < 1.29 is 14.7 Å². The van der Waals surface area contributed by atoms with E-state index in [1.165, 1.54) is 20.9 Å². The number of hydrogen-bond donors (Lipinski definition) is 2. The van der Waals surface area contributed by atoms with Gasteiger partial charge in [-0.2, -0.15) is 0 Å². The van der Waals surface area contributed by atoms with Crippen LogP contribution in [0.5, 0.6) is 0 Å². The van der Waals surface area contributed by atoms with Gasteiger partial charge in [0.25, 0.3) is 11.5 Å². The summed E-state index contributed by atoms with van der Waals surface area (Å²) in [6, 6.07) is 1.64. The third kappa shape index (κ3) is 2.91. The van der Waals surface area contributed by atoms with Crippen molar-refractivity contribution in [3.8, 4) is 0 Å². The predicted octanol–water partition coefficient (Wildman–Crippen LogP) is 1.58. The number of carbonyl (C=O) groups is 2. The van der Waals surface area contributed by atoms with Crippen LogP contribution < -0.4 is 5.56 Å². The van der Waals surface area contributed by atoms with Gasteiger partial charge in [0.05, 0.1) is 0 Å². The zero-order valence-electron chi connectivity index (χ0n) is 13.2. The maximum absolute atomic E-state index is 12.5. The lowest BCUT2D eigenvalue weighted by Crippen LogP contribution is -2.51.